The zero-order chi connectivity index (χ0) is 20.1. The summed E-state index contributed by atoms with van der Waals surface area (Å²) >= 11 is 6.81. The number of nitriles is 1. The number of carbonyl (C=O) groups is 1. The molecule has 3 rings (SSSR count). The first kappa shape index (κ1) is 20.1. The van der Waals surface area contributed by atoms with E-state index in [0.29, 0.717) is 16.5 Å². The van der Waals surface area contributed by atoms with Crippen LogP contribution in [0.15, 0.2) is 30.3 Å². The molecule has 0 saturated carbocycles. The lowest BCUT2D eigenvalue weighted by atomic mass is 9.89. The monoisotopic (exact) mass is 411 g/mol. The number of nitrogens with zero attached hydrogens (tertiary/aromatic N) is 1. The van der Waals surface area contributed by atoms with Gasteiger partial charge in [-0.15, -0.1) is 11.3 Å². The number of anilines is 1. The fourth-order valence-electron chi connectivity index (χ4n) is 3.13. The predicted octanol–water partition coefficient (Wildman–Crippen LogP) is 4.28. The number of methoxy groups -OCH3 is 1. The highest BCUT2D eigenvalue weighted by Crippen LogP contribution is 2.39. The van der Waals surface area contributed by atoms with Crippen molar-refractivity contribution in [2.75, 3.05) is 12.4 Å². The molecule has 2 aromatic rings. The number of thiophene rings is 1. The summed E-state index contributed by atoms with van der Waals surface area (Å²) in [5, 5.41) is 16.1. The minimum Gasteiger partial charge on any atom is -0.497 e. The maximum absolute atomic E-state index is 12.1. The van der Waals surface area contributed by atoms with Crippen molar-refractivity contribution >= 4 is 45.7 Å². The van der Waals surface area contributed by atoms with Crippen LogP contribution in [0.3, 0.4) is 0 Å². The van der Waals surface area contributed by atoms with Crippen LogP contribution in [0.1, 0.15) is 34.9 Å². The second-order valence-electron chi connectivity index (χ2n) is 6.72. The maximum Gasteiger partial charge on any atom is 0.250 e. The summed E-state index contributed by atoms with van der Waals surface area (Å²) in [7, 11) is 1.61. The number of hydrogen-bond donors (Lipinski definition) is 2. The molecule has 2 N–H and O–H groups in total. The van der Waals surface area contributed by atoms with E-state index in [0.717, 1.165) is 36.1 Å². The van der Waals surface area contributed by atoms with Crippen LogP contribution in [0.25, 0.3) is 6.08 Å². The van der Waals surface area contributed by atoms with Gasteiger partial charge in [-0.1, -0.05) is 19.1 Å². The molecule has 7 heteroatoms. The first-order valence-corrected chi connectivity index (χ1v) is 10.2. The first-order valence-electron chi connectivity index (χ1n) is 8.99. The molecular formula is C21H21N3O2S2. The summed E-state index contributed by atoms with van der Waals surface area (Å²) in [6.45, 7) is 2.22. The molecule has 1 atom stereocenters. The summed E-state index contributed by atoms with van der Waals surface area (Å²) in [4.78, 5) is 13.4. The van der Waals surface area contributed by atoms with E-state index in [1.165, 1.54) is 11.0 Å². The topological polar surface area (TPSA) is 74.2 Å². The van der Waals surface area contributed by atoms with Gasteiger partial charge in [0.2, 0.25) is 5.91 Å². The summed E-state index contributed by atoms with van der Waals surface area (Å²) in [6.07, 6.45) is 6.11. The molecule has 1 aromatic carbocycles. The van der Waals surface area contributed by atoms with Crippen molar-refractivity contribution in [1.29, 1.82) is 5.26 Å². The number of thiocarbonyl (C=S) groups is 1. The van der Waals surface area contributed by atoms with Gasteiger partial charge in [0.05, 0.1) is 12.7 Å². The van der Waals surface area contributed by atoms with E-state index >= 15 is 0 Å². The van der Waals surface area contributed by atoms with E-state index in [2.05, 4.69) is 23.6 Å². The van der Waals surface area contributed by atoms with Crippen LogP contribution in [0, 0.1) is 17.2 Å². The Hall–Kier alpha value is -2.69. The van der Waals surface area contributed by atoms with Crippen molar-refractivity contribution in [2.45, 2.75) is 26.2 Å². The molecule has 1 unspecified atom stereocenters. The lowest BCUT2D eigenvalue weighted by Gasteiger charge is -2.17. The summed E-state index contributed by atoms with van der Waals surface area (Å²) in [5.74, 6) is 1.05. The Bertz CT molecular complexity index is 955. The quantitative estimate of drug-likeness (QED) is 0.580. The van der Waals surface area contributed by atoms with Crippen molar-refractivity contribution in [3.8, 4) is 11.8 Å². The number of hydrogen-bond acceptors (Lipinski definition) is 5. The van der Waals surface area contributed by atoms with Crippen LogP contribution < -0.4 is 15.4 Å². The predicted molar refractivity (Wildman–Crippen MR) is 117 cm³/mol. The second-order valence-corrected chi connectivity index (χ2v) is 8.23. The molecule has 0 fully saturated rings. The lowest BCUT2D eigenvalue weighted by Crippen LogP contribution is -2.32. The van der Waals surface area contributed by atoms with Gasteiger partial charge >= 0.3 is 0 Å². The Morgan fingerprint density at radius 2 is 2.14 bits per heavy atom. The highest BCUT2D eigenvalue weighted by Gasteiger charge is 2.24. The van der Waals surface area contributed by atoms with Crippen LogP contribution in [0.5, 0.6) is 5.75 Å². The van der Waals surface area contributed by atoms with Gasteiger partial charge in [0.1, 0.15) is 16.8 Å². The van der Waals surface area contributed by atoms with Crippen molar-refractivity contribution in [3.05, 3.63) is 51.9 Å². The van der Waals surface area contributed by atoms with Gasteiger partial charge in [0.15, 0.2) is 5.11 Å². The summed E-state index contributed by atoms with van der Waals surface area (Å²) in [6, 6.07) is 9.65. The van der Waals surface area contributed by atoms with Gasteiger partial charge in [-0.05, 0) is 66.7 Å². The normalized spacial score (nSPS) is 15.5. The van der Waals surface area contributed by atoms with Crippen molar-refractivity contribution in [1.82, 2.24) is 5.32 Å². The lowest BCUT2D eigenvalue weighted by molar-refractivity contribution is -0.115. The molecule has 5 nitrogen and oxygen atoms in total. The molecule has 0 spiro atoms. The van der Waals surface area contributed by atoms with Crippen molar-refractivity contribution in [2.24, 2.45) is 5.92 Å². The Labute approximate surface area is 174 Å². The number of amides is 1. The molecule has 0 bridgehead atoms. The highest BCUT2D eigenvalue weighted by atomic mass is 32.1. The van der Waals surface area contributed by atoms with Gasteiger partial charge in [-0.25, -0.2) is 0 Å². The van der Waals surface area contributed by atoms with Crippen LogP contribution in [-0.2, 0) is 17.6 Å². The molecule has 1 aliphatic rings. The Morgan fingerprint density at radius 3 is 2.82 bits per heavy atom. The fourth-order valence-corrected chi connectivity index (χ4v) is 4.76. The Kier molecular flexibility index (Phi) is 6.45. The van der Waals surface area contributed by atoms with Gasteiger partial charge < -0.3 is 10.1 Å². The molecule has 0 saturated heterocycles. The molecule has 28 heavy (non-hydrogen) atoms. The number of carbonyl (C=O) groups excluding carboxylic acids is 1. The van der Waals surface area contributed by atoms with E-state index in [1.807, 2.05) is 24.3 Å². The Morgan fingerprint density at radius 1 is 1.39 bits per heavy atom. The summed E-state index contributed by atoms with van der Waals surface area (Å²) in [5.41, 5.74) is 2.65. The molecule has 0 aliphatic heterocycles. The summed E-state index contributed by atoms with van der Waals surface area (Å²) < 4.78 is 5.11. The average molecular weight is 412 g/mol. The third-order valence-corrected chi connectivity index (χ3v) is 6.00. The average Bonchev–Trinajstić information content (AvgIpc) is 3.02. The highest BCUT2D eigenvalue weighted by molar-refractivity contribution is 7.80. The zero-order valence-corrected chi connectivity index (χ0v) is 17.4. The molecule has 0 radical (unpaired) electrons. The van der Waals surface area contributed by atoms with Crippen LogP contribution >= 0.6 is 23.6 Å². The zero-order valence-electron chi connectivity index (χ0n) is 15.7. The molecule has 144 valence electrons. The third-order valence-electron chi connectivity index (χ3n) is 4.63. The number of fused-ring (bicyclic) bond motifs is 1. The molecule has 1 aromatic heterocycles. The minimum atomic E-state index is -0.332. The Balaban J connectivity index is 1.61. The van der Waals surface area contributed by atoms with Gasteiger partial charge in [-0.3, -0.25) is 10.1 Å². The van der Waals surface area contributed by atoms with Crippen molar-refractivity contribution < 1.29 is 9.53 Å². The van der Waals surface area contributed by atoms with Gasteiger partial charge in [-0.2, -0.15) is 5.26 Å². The fraction of sp³-hybridized carbons (Fsp3) is 0.286. The van der Waals surface area contributed by atoms with Crippen LogP contribution in [0.4, 0.5) is 5.00 Å². The van der Waals surface area contributed by atoms with E-state index in [-0.39, 0.29) is 11.0 Å². The second kappa shape index (κ2) is 9.00. The number of ether oxygens (including phenoxy) is 1. The van der Waals surface area contributed by atoms with Crippen LogP contribution in [-0.4, -0.2) is 18.1 Å². The number of benzene rings is 1. The first-order chi connectivity index (χ1) is 13.5. The van der Waals surface area contributed by atoms with E-state index in [4.69, 9.17) is 17.0 Å². The molecule has 1 heterocycles. The largest absolute Gasteiger partial charge is 0.497 e. The van der Waals surface area contributed by atoms with Crippen LogP contribution in [0.2, 0.25) is 0 Å². The molecule has 1 aliphatic carbocycles. The standard InChI is InChI=1S/C21H21N3O2S2/c1-13-3-9-16-17(12-22)20(28-18(16)11-13)24-21(27)23-19(25)10-6-14-4-7-15(26-2)8-5-14/h4-8,10,13H,3,9,11H2,1-2H3,(H2,23,24,25,27)/b10-6+. The maximum atomic E-state index is 12.1. The number of rotatable bonds is 4. The minimum absolute atomic E-state index is 0.188. The van der Waals surface area contributed by atoms with E-state index in [9.17, 15) is 10.1 Å². The van der Waals surface area contributed by atoms with Gasteiger partial charge in [0, 0.05) is 11.0 Å². The third kappa shape index (κ3) is 4.77. The van der Waals surface area contributed by atoms with Crippen molar-refractivity contribution in [3.63, 3.8) is 0 Å². The van der Waals surface area contributed by atoms with Gasteiger partial charge in [0.25, 0.3) is 0 Å². The smallest absolute Gasteiger partial charge is 0.250 e. The van der Waals surface area contributed by atoms with E-state index < -0.39 is 0 Å². The van der Waals surface area contributed by atoms with E-state index in [1.54, 1.807) is 24.5 Å². The molecular weight excluding hydrogens is 390 g/mol. The molecule has 1 amide bonds. The number of nitrogens with one attached hydrogen (secondary N) is 2. The SMILES string of the molecule is COc1ccc(/C=C/C(=O)NC(=S)Nc2sc3c(c2C#N)CCC(C)C3)cc1.